The first kappa shape index (κ1) is 31.2. The number of β-lactam (4-membered cyclic amide) rings is 1. The number of esters is 1. The number of hydrogen-bond acceptors (Lipinski definition) is 10. The molecule has 12 nitrogen and oxygen atoms in total. The Bertz CT molecular complexity index is 1780. The van der Waals surface area contributed by atoms with Crippen LogP contribution in [-0.2, 0) is 23.9 Å². The Kier molecular flexibility index (Phi) is 9.34. The standard InChI is InChI=1S/C34H28N4O8S/c35-34(42)44-19-23-20-47-32-27(36-30(39)26(25-17-10-18-43-25)37-46-24-15-8-3-9-16-24)31(40)38(32)28(23)33(41)45-29(21-11-4-1-5-12-21)22-13-6-2-7-14-22/h1-18,27,29,32H,19-20H2,(H2,35,42)(H,36,39)/t27-,32-/m1/s1. The molecule has 6 rings (SSSR count). The number of thioether (sulfide) groups is 1. The van der Waals surface area contributed by atoms with Gasteiger partial charge in [0.25, 0.3) is 11.8 Å². The fourth-order valence-corrected chi connectivity index (χ4v) is 6.42. The summed E-state index contributed by atoms with van der Waals surface area (Å²) < 4.78 is 16.5. The summed E-state index contributed by atoms with van der Waals surface area (Å²) in [6, 6.07) is 29.1. The van der Waals surface area contributed by atoms with Gasteiger partial charge in [-0.25, -0.2) is 9.59 Å². The molecule has 0 radical (unpaired) electrons. The van der Waals surface area contributed by atoms with Gasteiger partial charge in [-0.15, -0.1) is 11.8 Å². The fourth-order valence-electron chi connectivity index (χ4n) is 5.09. The first-order valence-corrected chi connectivity index (χ1v) is 15.5. The molecule has 238 valence electrons. The SMILES string of the molecule is NC(=O)OCC1=C(C(=O)OC(c2ccccc2)c2ccccc2)N2C(=O)[C@@H](NC(=O)C(=NOc3ccccc3)c3ccco3)[C@H]2SC1. The number of nitrogens with one attached hydrogen (secondary N) is 1. The van der Waals surface area contributed by atoms with E-state index in [0.29, 0.717) is 22.4 Å². The minimum absolute atomic E-state index is 0.0744. The van der Waals surface area contributed by atoms with Crippen LogP contribution >= 0.6 is 11.8 Å². The van der Waals surface area contributed by atoms with Crippen molar-refractivity contribution >= 4 is 41.4 Å². The van der Waals surface area contributed by atoms with E-state index in [1.54, 1.807) is 36.4 Å². The summed E-state index contributed by atoms with van der Waals surface area (Å²) in [5.41, 5.74) is 6.71. The quantitative estimate of drug-likeness (QED) is 0.105. The first-order chi connectivity index (χ1) is 22.9. The molecule has 47 heavy (non-hydrogen) atoms. The summed E-state index contributed by atoms with van der Waals surface area (Å²) in [5.74, 6) is -1.39. The molecule has 1 saturated heterocycles. The Morgan fingerprint density at radius 2 is 1.57 bits per heavy atom. The summed E-state index contributed by atoms with van der Waals surface area (Å²) in [5, 5.41) is 6.03. The Labute approximate surface area is 273 Å². The molecule has 1 aromatic heterocycles. The van der Waals surface area contributed by atoms with Crippen LogP contribution in [0.5, 0.6) is 5.75 Å². The molecular weight excluding hydrogens is 624 g/mol. The molecule has 0 aliphatic carbocycles. The second-order valence-electron chi connectivity index (χ2n) is 10.3. The smallest absolute Gasteiger partial charge is 0.404 e. The van der Waals surface area contributed by atoms with Gasteiger partial charge in [0.15, 0.2) is 17.6 Å². The fraction of sp³-hybridized carbons (Fsp3) is 0.147. The van der Waals surface area contributed by atoms with Crippen LogP contribution < -0.4 is 15.9 Å². The molecule has 13 heteroatoms. The molecule has 0 spiro atoms. The zero-order chi connectivity index (χ0) is 32.8. The predicted octanol–water partition coefficient (Wildman–Crippen LogP) is 4.14. The summed E-state index contributed by atoms with van der Waals surface area (Å²) in [6.07, 6.45) is -0.455. The molecule has 3 amide bonds. The third kappa shape index (κ3) is 6.89. The first-order valence-electron chi connectivity index (χ1n) is 14.5. The highest BCUT2D eigenvalue weighted by molar-refractivity contribution is 8.00. The van der Waals surface area contributed by atoms with Gasteiger partial charge in [-0.3, -0.25) is 14.5 Å². The second-order valence-corrected chi connectivity index (χ2v) is 11.5. The second kappa shape index (κ2) is 14.1. The maximum absolute atomic E-state index is 14.0. The molecule has 2 aliphatic rings. The van der Waals surface area contributed by atoms with Crippen molar-refractivity contribution < 1.29 is 37.9 Å². The topological polar surface area (TPSA) is 163 Å². The van der Waals surface area contributed by atoms with Crippen LogP contribution in [-0.4, -0.2) is 58.3 Å². The van der Waals surface area contributed by atoms with Gasteiger partial charge < -0.3 is 29.8 Å². The van der Waals surface area contributed by atoms with Crippen molar-refractivity contribution in [3.8, 4) is 5.75 Å². The third-order valence-corrected chi connectivity index (χ3v) is 8.64. The van der Waals surface area contributed by atoms with Crippen molar-refractivity contribution in [3.05, 3.63) is 138 Å². The Balaban J connectivity index is 1.25. The Morgan fingerprint density at radius 1 is 0.936 bits per heavy atom. The van der Waals surface area contributed by atoms with Gasteiger partial charge >= 0.3 is 12.1 Å². The minimum Gasteiger partial charge on any atom is -0.462 e. The lowest BCUT2D eigenvalue weighted by atomic mass is 10.0. The summed E-state index contributed by atoms with van der Waals surface area (Å²) >= 11 is 1.28. The maximum Gasteiger partial charge on any atom is 0.404 e. The summed E-state index contributed by atoms with van der Waals surface area (Å²) in [7, 11) is 0. The highest BCUT2D eigenvalue weighted by Crippen LogP contribution is 2.41. The molecule has 4 aromatic rings. The van der Waals surface area contributed by atoms with E-state index in [2.05, 4.69) is 10.5 Å². The zero-order valence-corrected chi connectivity index (χ0v) is 25.5. The van der Waals surface area contributed by atoms with Crippen LogP contribution in [0, 0.1) is 0 Å². The lowest BCUT2D eigenvalue weighted by Crippen LogP contribution is -2.71. The van der Waals surface area contributed by atoms with Crippen LogP contribution in [0.15, 0.2) is 130 Å². The average Bonchev–Trinajstić information content (AvgIpc) is 3.64. The van der Waals surface area contributed by atoms with Crippen molar-refractivity contribution in [2.75, 3.05) is 12.4 Å². The minimum atomic E-state index is -1.04. The molecule has 2 aliphatic heterocycles. The molecule has 3 aromatic carbocycles. The van der Waals surface area contributed by atoms with Crippen molar-refractivity contribution in [3.63, 3.8) is 0 Å². The number of nitrogens with two attached hydrogens (primary N) is 1. The van der Waals surface area contributed by atoms with Crippen LogP contribution in [0.25, 0.3) is 0 Å². The number of benzene rings is 3. The van der Waals surface area contributed by atoms with Crippen molar-refractivity contribution in [2.45, 2.75) is 17.5 Å². The van der Waals surface area contributed by atoms with E-state index >= 15 is 0 Å². The third-order valence-electron chi connectivity index (χ3n) is 7.30. The van der Waals surface area contributed by atoms with E-state index in [0.717, 1.165) is 0 Å². The van der Waals surface area contributed by atoms with Crippen molar-refractivity contribution in [2.24, 2.45) is 10.9 Å². The number of fused-ring (bicyclic) bond motifs is 1. The van der Waals surface area contributed by atoms with Gasteiger partial charge in [-0.1, -0.05) is 84.0 Å². The van der Waals surface area contributed by atoms with Crippen LogP contribution in [0.2, 0.25) is 0 Å². The number of amides is 3. The largest absolute Gasteiger partial charge is 0.462 e. The number of carbonyl (C=O) groups excluding carboxylic acids is 4. The molecule has 0 saturated carbocycles. The van der Waals surface area contributed by atoms with E-state index in [4.69, 9.17) is 24.5 Å². The van der Waals surface area contributed by atoms with E-state index in [9.17, 15) is 19.2 Å². The average molecular weight is 653 g/mol. The lowest BCUT2D eigenvalue weighted by Gasteiger charge is -2.49. The van der Waals surface area contributed by atoms with Gasteiger partial charge in [0.1, 0.15) is 23.7 Å². The van der Waals surface area contributed by atoms with E-state index in [1.807, 2.05) is 60.7 Å². The number of rotatable bonds is 11. The number of carbonyl (C=O) groups is 4. The lowest BCUT2D eigenvalue weighted by molar-refractivity contribution is -0.154. The molecule has 3 N–H and O–H groups in total. The molecule has 1 fully saturated rings. The number of oxime groups is 1. The molecule has 0 unspecified atom stereocenters. The van der Waals surface area contributed by atoms with E-state index < -0.39 is 41.4 Å². The number of hydrogen-bond donors (Lipinski definition) is 2. The van der Waals surface area contributed by atoms with Crippen molar-refractivity contribution in [1.82, 2.24) is 10.2 Å². The molecule has 3 heterocycles. The van der Waals surface area contributed by atoms with Gasteiger partial charge in [0, 0.05) is 11.3 Å². The predicted molar refractivity (Wildman–Crippen MR) is 171 cm³/mol. The van der Waals surface area contributed by atoms with Crippen LogP contribution in [0.4, 0.5) is 4.79 Å². The van der Waals surface area contributed by atoms with E-state index in [-0.39, 0.29) is 29.5 Å². The van der Waals surface area contributed by atoms with Gasteiger partial charge in [-0.2, -0.15) is 0 Å². The maximum atomic E-state index is 14.0. The van der Waals surface area contributed by atoms with Gasteiger partial charge in [0.2, 0.25) is 5.71 Å². The highest BCUT2D eigenvalue weighted by atomic mass is 32.2. The summed E-state index contributed by atoms with van der Waals surface area (Å²) in [4.78, 5) is 59.3. The van der Waals surface area contributed by atoms with Gasteiger partial charge in [0.05, 0.1) is 6.26 Å². The Hall–Kier alpha value is -5.82. The van der Waals surface area contributed by atoms with Crippen molar-refractivity contribution in [1.29, 1.82) is 0 Å². The summed E-state index contributed by atoms with van der Waals surface area (Å²) in [6.45, 7) is -0.326. The normalized spacial score (nSPS) is 17.4. The number of para-hydroxylation sites is 1. The molecule has 2 atom stereocenters. The highest BCUT2D eigenvalue weighted by Gasteiger charge is 2.55. The number of primary amides is 1. The molecule has 0 bridgehead atoms. The monoisotopic (exact) mass is 652 g/mol. The zero-order valence-electron chi connectivity index (χ0n) is 24.7. The number of ether oxygens (including phenoxy) is 2. The van der Waals surface area contributed by atoms with E-state index in [1.165, 1.54) is 29.0 Å². The Morgan fingerprint density at radius 3 is 2.17 bits per heavy atom. The number of furan rings is 1. The molecular formula is C34H28N4O8S. The number of nitrogens with zero attached hydrogens (tertiary/aromatic N) is 2. The van der Waals surface area contributed by atoms with Crippen LogP contribution in [0.3, 0.4) is 0 Å². The van der Waals surface area contributed by atoms with Gasteiger partial charge in [-0.05, 0) is 35.4 Å². The van der Waals surface area contributed by atoms with Crippen LogP contribution in [0.1, 0.15) is 23.0 Å².